The fourth-order valence-electron chi connectivity index (χ4n) is 0.864. The SMILES string of the molecule is C=CCC(CCC)OC(=O)Cl. The standard InChI is InChI=1S/C8H13ClO2/c1-3-5-7(6-4-2)11-8(9)10/h3,7H,1,4-6H2,2H3. The van der Waals surface area contributed by atoms with E-state index in [-0.39, 0.29) is 6.10 Å². The van der Waals surface area contributed by atoms with Crippen LogP contribution in [0, 0.1) is 0 Å². The molecule has 0 aromatic carbocycles. The van der Waals surface area contributed by atoms with E-state index in [1.807, 2.05) is 6.92 Å². The molecule has 0 aliphatic rings. The Balaban J connectivity index is 3.67. The molecule has 0 aromatic rings. The number of carbonyl (C=O) groups excluding carboxylic acids is 1. The minimum atomic E-state index is -0.731. The number of rotatable bonds is 5. The molecule has 0 radical (unpaired) electrons. The van der Waals surface area contributed by atoms with Gasteiger partial charge >= 0.3 is 5.43 Å². The van der Waals surface area contributed by atoms with E-state index < -0.39 is 5.43 Å². The first-order valence-electron chi connectivity index (χ1n) is 3.67. The highest BCUT2D eigenvalue weighted by atomic mass is 35.5. The summed E-state index contributed by atoms with van der Waals surface area (Å²) >= 11 is 5.05. The van der Waals surface area contributed by atoms with Crippen LogP contribution in [0.5, 0.6) is 0 Å². The van der Waals surface area contributed by atoms with E-state index in [0.717, 1.165) is 12.8 Å². The van der Waals surface area contributed by atoms with Gasteiger partial charge in [0.05, 0.1) is 0 Å². The van der Waals surface area contributed by atoms with Gasteiger partial charge in [-0.2, -0.15) is 0 Å². The van der Waals surface area contributed by atoms with Crippen LogP contribution in [0.1, 0.15) is 26.2 Å². The van der Waals surface area contributed by atoms with Crippen molar-refractivity contribution in [2.45, 2.75) is 32.3 Å². The second kappa shape index (κ2) is 6.23. The van der Waals surface area contributed by atoms with Crippen LogP contribution in [0.4, 0.5) is 4.79 Å². The molecule has 1 atom stereocenters. The Morgan fingerprint density at radius 2 is 2.45 bits per heavy atom. The van der Waals surface area contributed by atoms with Gasteiger partial charge in [-0.05, 0) is 6.42 Å². The molecule has 11 heavy (non-hydrogen) atoms. The molecule has 0 aromatic heterocycles. The summed E-state index contributed by atoms with van der Waals surface area (Å²) in [7, 11) is 0. The summed E-state index contributed by atoms with van der Waals surface area (Å²) in [6.07, 6.45) is 4.11. The Hall–Kier alpha value is -0.500. The van der Waals surface area contributed by atoms with Gasteiger partial charge in [-0.25, -0.2) is 4.79 Å². The zero-order valence-electron chi connectivity index (χ0n) is 6.68. The van der Waals surface area contributed by atoms with Crippen molar-refractivity contribution in [3.05, 3.63) is 12.7 Å². The number of hydrogen-bond acceptors (Lipinski definition) is 2. The maximum absolute atomic E-state index is 10.3. The van der Waals surface area contributed by atoms with Gasteiger partial charge in [-0.15, -0.1) is 6.58 Å². The number of halogens is 1. The third-order valence-electron chi connectivity index (χ3n) is 1.30. The van der Waals surface area contributed by atoms with E-state index in [1.165, 1.54) is 0 Å². The summed E-state index contributed by atoms with van der Waals surface area (Å²) in [6, 6.07) is 0. The monoisotopic (exact) mass is 176 g/mol. The van der Waals surface area contributed by atoms with Gasteiger partial charge in [0.1, 0.15) is 6.10 Å². The molecule has 0 fully saturated rings. The Morgan fingerprint density at radius 3 is 2.82 bits per heavy atom. The molecule has 0 saturated heterocycles. The molecule has 3 heteroatoms. The molecule has 0 heterocycles. The van der Waals surface area contributed by atoms with Crippen molar-refractivity contribution in [2.75, 3.05) is 0 Å². The molecule has 2 nitrogen and oxygen atoms in total. The molecule has 0 aliphatic carbocycles. The van der Waals surface area contributed by atoms with E-state index >= 15 is 0 Å². The average Bonchev–Trinajstić information content (AvgIpc) is 1.87. The largest absolute Gasteiger partial charge is 0.450 e. The zero-order chi connectivity index (χ0) is 8.69. The fourth-order valence-corrected chi connectivity index (χ4v) is 0.990. The zero-order valence-corrected chi connectivity index (χ0v) is 7.43. The lowest BCUT2D eigenvalue weighted by molar-refractivity contribution is 0.116. The van der Waals surface area contributed by atoms with Crippen molar-refractivity contribution in [3.63, 3.8) is 0 Å². The first-order valence-corrected chi connectivity index (χ1v) is 4.05. The second-order valence-electron chi connectivity index (χ2n) is 2.29. The Morgan fingerprint density at radius 1 is 1.82 bits per heavy atom. The van der Waals surface area contributed by atoms with Crippen molar-refractivity contribution < 1.29 is 9.53 Å². The van der Waals surface area contributed by atoms with E-state index in [9.17, 15) is 4.79 Å². The lowest BCUT2D eigenvalue weighted by Crippen LogP contribution is -2.12. The van der Waals surface area contributed by atoms with E-state index in [1.54, 1.807) is 6.08 Å². The third-order valence-corrected chi connectivity index (χ3v) is 1.39. The fraction of sp³-hybridized carbons (Fsp3) is 0.625. The lowest BCUT2D eigenvalue weighted by Gasteiger charge is -2.12. The smallest absolute Gasteiger partial charge is 0.404 e. The number of hydrogen-bond donors (Lipinski definition) is 0. The van der Waals surface area contributed by atoms with Crippen LogP contribution in [0.15, 0.2) is 12.7 Å². The van der Waals surface area contributed by atoms with Crippen LogP contribution in [0.25, 0.3) is 0 Å². The molecule has 0 saturated carbocycles. The summed E-state index contributed by atoms with van der Waals surface area (Å²) in [5.74, 6) is 0. The van der Waals surface area contributed by atoms with Crippen LogP contribution in [0.3, 0.4) is 0 Å². The number of ether oxygens (including phenoxy) is 1. The van der Waals surface area contributed by atoms with Gasteiger partial charge < -0.3 is 4.74 Å². The Bertz CT molecular complexity index is 134. The summed E-state index contributed by atoms with van der Waals surface area (Å²) in [6.45, 7) is 5.58. The van der Waals surface area contributed by atoms with Gasteiger partial charge in [-0.3, -0.25) is 0 Å². The minimum Gasteiger partial charge on any atom is -0.450 e. The topological polar surface area (TPSA) is 26.3 Å². The summed E-state index contributed by atoms with van der Waals surface area (Å²) in [5.41, 5.74) is -0.731. The molecular formula is C8H13ClO2. The van der Waals surface area contributed by atoms with Crippen LogP contribution in [-0.4, -0.2) is 11.5 Å². The summed E-state index contributed by atoms with van der Waals surface area (Å²) in [5, 5.41) is 0. The predicted octanol–water partition coefficient (Wildman–Crippen LogP) is 3.11. The molecule has 0 N–H and O–H groups in total. The summed E-state index contributed by atoms with van der Waals surface area (Å²) in [4.78, 5) is 10.3. The van der Waals surface area contributed by atoms with Crippen LogP contribution in [-0.2, 0) is 4.74 Å². The Labute approximate surface area is 72.2 Å². The van der Waals surface area contributed by atoms with Crippen LogP contribution in [0.2, 0.25) is 0 Å². The van der Waals surface area contributed by atoms with Gasteiger partial charge in [0.2, 0.25) is 0 Å². The molecule has 0 bridgehead atoms. The normalized spacial score (nSPS) is 12.2. The van der Waals surface area contributed by atoms with Crippen LogP contribution < -0.4 is 0 Å². The first kappa shape index (κ1) is 10.5. The predicted molar refractivity (Wildman–Crippen MR) is 45.8 cm³/mol. The van der Waals surface area contributed by atoms with Crippen LogP contribution >= 0.6 is 11.6 Å². The Kier molecular flexibility index (Phi) is 5.94. The highest BCUT2D eigenvalue weighted by Gasteiger charge is 2.08. The van der Waals surface area contributed by atoms with Crippen molar-refractivity contribution in [1.29, 1.82) is 0 Å². The maximum atomic E-state index is 10.3. The second-order valence-corrected chi connectivity index (χ2v) is 2.60. The summed E-state index contributed by atoms with van der Waals surface area (Å²) < 4.78 is 4.79. The quantitative estimate of drug-likeness (QED) is 0.475. The molecule has 1 unspecified atom stereocenters. The lowest BCUT2D eigenvalue weighted by atomic mass is 10.1. The van der Waals surface area contributed by atoms with E-state index in [0.29, 0.717) is 6.42 Å². The molecule has 0 amide bonds. The minimum absolute atomic E-state index is 0.0949. The average molecular weight is 177 g/mol. The molecular weight excluding hydrogens is 164 g/mol. The molecule has 0 spiro atoms. The van der Waals surface area contributed by atoms with Gasteiger partial charge in [-0.1, -0.05) is 19.4 Å². The van der Waals surface area contributed by atoms with Crippen molar-refractivity contribution in [2.24, 2.45) is 0 Å². The van der Waals surface area contributed by atoms with E-state index in [2.05, 4.69) is 6.58 Å². The van der Waals surface area contributed by atoms with Crippen molar-refractivity contribution in [3.8, 4) is 0 Å². The molecule has 0 rings (SSSR count). The molecule has 64 valence electrons. The van der Waals surface area contributed by atoms with Gasteiger partial charge in [0.25, 0.3) is 0 Å². The maximum Gasteiger partial charge on any atom is 0.404 e. The van der Waals surface area contributed by atoms with Crippen molar-refractivity contribution in [1.82, 2.24) is 0 Å². The number of carbonyl (C=O) groups is 1. The van der Waals surface area contributed by atoms with Gasteiger partial charge in [0.15, 0.2) is 0 Å². The first-order chi connectivity index (χ1) is 5.20. The third kappa shape index (κ3) is 5.92. The van der Waals surface area contributed by atoms with Gasteiger partial charge in [0, 0.05) is 18.0 Å². The van der Waals surface area contributed by atoms with E-state index in [4.69, 9.17) is 16.3 Å². The van der Waals surface area contributed by atoms with Crippen molar-refractivity contribution >= 4 is 17.0 Å². The highest BCUT2D eigenvalue weighted by molar-refractivity contribution is 6.61. The highest BCUT2D eigenvalue weighted by Crippen LogP contribution is 2.08. The molecule has 0 aliphatic heterocycles.